The predicted octanol–water partition coefficient (Wildman–Crippen LogP) is 1.84. The maximum Gasteiger partial charge on any atom is 0.227 e. The number of aromatic nitrogens is 2. The van der Waals surface area contributed by atoms with E-state index in [9.17, 15) is 4.79 Å². The van der Waals surface area contributed by atoms with E-state index in [0.29, 0.717) is 36.2 Å². The summed E-state index contributed by atoms with van der Waals surface area (Å²) in [5, 5.41) is 6.78. The molecule has 8 nitrogen and oxygen atoms in total. The number of nitrogens with zero attached hydrogens (tertiary/aromatic N) is 2. The Morgan fingerprint density at radius 2 is 2.00 bits per heavy atom. The molecule has 1 amide bonds. The summed E-state index contributed by atoms with van der Waals surface area (Å²) in [6.07, 6.45) is 0.632. The summed E-state index contributed by atoms with van der Waals surface area (Å²) in [7, 11) is 4.73. The van der Waals surface area contributed by atoms with Crippen molar-refractivity contribution in [1.29, 1.82) is 0 Å². The standard InChI is InChI=1S/C17H23N3O5/c1-11(10-22-2)18-15(21)7-8-16-19-17(20-25-16)12-5-6-13(23-3)14(9-12)24-4/h5-6,9,11H,7-8,10H2,1-4H3,(H,18,21). The quantitative estimate of drug-likeness (QED) is 0.738. The van der Waals surface area contributed by atoms with Crippen molar-refractivity contribution in [3.63, 3.8) is 0 Å². The molecular formula is C17H23N3O5. The number of methoxy groups -OCH3 is 3. The zero-order valence-corrected chi connectivity index (χ0v) is 14.9. The first kappa shape index (κ1) is 18.7. The van der Waals surface area contributed by atoms with Gasteiger partial charge in [0.1, 0.15) is 0 Å². The third-order valence-corrected chi connectivity index (χ3v) is 3.50. The summed E-state index contributed by atoms with van der Waals surface area (Å²) >= 11 is 0. The van der Waals surface area contributed by atoms with E-state index in [1.807, 2.05) is 13.0 Å². The van der Waals surface area contributed by atoms with Crippen LogP contribution in [0.1, 0.15) is 19.2 Å². The van der Waals surface area contributed by atoms with Crippen molar-refractivity contribution in [2.24, 2.45) is 0 Å². The molecule has 0 saturated heterocycles. The highest BCUT2D eigenvalue weighted by Crippen LogP contribution is 2.31. The molecule has 0 aliphatic rings. The molecule has 1 aromatic heterocycles. The molecule has 2 rings (SSSR count). The van der Waals surface area contributed by atoms with Gasteiger partial charge in [0.05, 0.1) is 20.8 Å². The van der Waals surface area contributed by atoms with Crippen molar-refractivity contribution in [2.75, 3.05) is 27.9 Å². The number of nitrogens with one attached hydrogen (secondary N) is 1. The van der Waals surface area contributed by atoms with Gasteiger partial charge >= 0.3 is 0 Å². The number of carbonyl (C=O) groups excluding carboxylic acids is 1. The monoisotopic (exact) mass is 349 g/mol. The van der Waals surface area contributed by atoms with Crippen molar-refractivity contribution >= 4 is 5.91 Å². The highest BCUT2D eigenvalue weighted by Gasteiger charge is 2.14. The Bertz CT molecular complexity index is 701. The van der Waals surface area contributed by atoms with Crippen LogP contribution in [-0.2, 0) is 16.0 Å². The molecule has 1 atom stereocenters. The molecule has 2 aromatic rings. The van der Waals surface area contributed by atoms with E-state index in [1.165, 1.54) is 0 Å². The first-order valence-corrected chi connectivity index (χ1v) is 7.90. The van der Waals surface area contributed by atoms with Crippen LogP contribution in [0.5, 0.6) is 11.5 Å². The topological polar surface area (TPSA) is 95.7 Å². The SMILES string of the molecule is COCC(C)NC(=O)CCc1nc(-c2ccc(OC)c(OC)c2)no1. The molecule has 0 radical (unpaired) electrons. The Morgan fingerprint density at radius 3 is 2.68 bits per heavy atom. The van der Waals surface area contributed by atoms with Crippen LogP contribution in [0.15, 0.2) is 22.7 Å². The van der Waals surface area contributed by atoms with Crippen LogP contribution in [0, 0.1) is 0 Å². The van der Waals surface area contributed by atoms with E-state index in [4.69, 9.17) is 18.7 Å². The zero-order valence-electron chi connectivity index (χ0n) is 14.9. The van der Waals surface area contributed by atoms with Crippen LogP contribution in [0.4, 0.5) is 0 Å². The fourth-order valence-corrected chi connectivity index (χ4v) is 2.31. The number of aryl methyl sites for hydroxylation is 1. The fraction of sp³-hybridized carbons (Fsp3) is 0.471. The number of benzene rings is 1. The molecule has 0 bridgehead atoms. The Hall–Kier alpha value is -2.61. The Morgan fingerprint density at radius 1 is 1.24 bits per heavy atom. The first-order chi connectivity index (χ1) is 12.1. The van der Waals surface area contributed by atoms with E-state index in [2.05, 4.69) is 15.5 Å². The second-order valence-electron chi connectivity index (χ2n) is 5.51. The maximum absolute atomic E-state index is 11.8. The fourth-order valence-electron chi connectivity index (χ4n) is 2.31. The summed E-state index contributed by atoms with van der Waals surface area (Å²) in [5.74, 6) is 1.95. The number of rotatable bonds is 9. The summed E-state index contributed by atoms with van der Waals surface area (Å²) in [6, 6.07) is 5.32. The molecule has 1 N–H and O–H groups in total. The molecule has 0 aliphatic heterocycles. The van der Waals surface area contributed by atoms with Crippen molar-refractivity contribution < 1.29 is 23.5 Å². The number of amides is 1. The minimum Gasteiger partial charge on any atom is -0.493 e. The second-order valence-corrected chi connectivity index (χ2v) is 5.51. The molecule has 25 heavy (non-hydrogen) atoms. The number of hydrogen-bond acceptors (Lipinski definition) is 7. The van der Waals surface area contributed by atoms with Gasteiger partial charge in [0.15, 0.2) is 11.5 Å². The molecule has 1 aromatic carbocycles. The lowest BCUT2D eigenvalue weighted by Gasteiger charge is -2.11. The van der Waals surface area contributed by atoms with Crippen LogP contribution >= 0.6 is 0 Å². The smallest absolute Gasteiger partial charge is 0.227 e. The third kappa shape index (κ3) is 5.18. The zero-order chi connectivity index (χ0) is 18.2. The highest BCUT2D eigenvalue weighted by molar-refractivity contribution is 5.76. The van der Waals surface area contributed by atoms with Crippen molar-refractivity contribution in [3.05, 3.63) is 24.1 Å². The third-order valence-electron chi connectivity index (χ3n) is 3.50. The van der Waals surface area contributed by atoms with Gasteiger partial charge in [-0.2, -0.15) is 4.98 Å². The number of carbonyl (C=O) groups is 1. The van der Waals surface area contributed by atoms with E-state index >= 15 is 0 Å². The first-order valence-electron chi connectivity index (χ1n) is 7.90. The molecule has 1 heterocycles. The lowest BCUT2D eigenvalue weighted by molar-refractivity contribution is -0.122. The van der Waals surface area contributed by atoms with Gasteiger partial charge in [-0.15, -0.1) is 0 Å². The van der Waals surface area contributed by atoms with Gasteiger partial charge in [-0.1, -0.05) is 5.16 Å². The minimum absolute atomic E-state index is 0.0393. The summed E-state index contributed by atoms with van der Waals surface area (Å²) in [5.41, 5.74) is 0.741. The van der Waals surface area contributed by atoms with Crippen LogP contribution < -0.4 is 14.8 Å². The molecule has 0 aliphatic carbocycles. The van der Waals surface area contributed by atoms with Crippen LogP contribution in [-0.4, -0.2) is 50.0 Å². The van der Waals surface area contributed by atoms with E-state index in [-0.39, 0.29) is 18.4 Å². The average molecular weight is 349 g/mol. The summed E-state index contributed by atoms with van der Waals surface area (Å²) in [6.45, 7) is 2.35. The lowest BCUT2D eigenvalue weighted by atomic mass is 10.2. The van der Waals surface area contributed by atoms with Crippen molar-refractivity contribution in [2.45, 2.75) is 25.8 Å². The molecule has 0 fully saturated rings. The van der Waals surface area contributed by atoms with Gasteiger partial charge < -0.3 is 24.1 Å². The van der Waals surface area contributed by atoms with Gasteiger partial charge in [-0.25, -0.2) is 0 Å². The molecule has 136 valence electrons. The van der Waals surface area contributed by atoms with Crippen molar-refractivity contribution in [3.8, 4) is 22.9 Å². The van der Waals surface area contributed by atoms with Crippen LogP contribution in [0.2, 0.25) is 0 Å². The summed E-state index contributed by atoms with van der Waals surface area (Å²) < 4.78 is 20.7. The predicted molar refractivity (Wildman–Crippen MR) is 90.6 cm³/mol. The molecule has 0 spiro atoms. The largest absolute Gasteiger partial charge is 0.493 e. The van der Waals surface area contributed by atoms with Gasteiger partial charge in [0, 0.05) is 31.6 Å². The highest BCUT2D eigenvalue weighted by atomic mass is 16.5. The van der Waals surface area contributed by atoms with Gasteiger partial charge in [0.2, 0.25) is 17.6 Å². The Labute approximate surface area is 146 Å². The number of ether oxygens (including phenoxy) is 3. The minimum atomic E-state index is -0.0876. The second kappa shape index (κ2) is 9.03. The average Bonchev–Trinajstić information content (AvgIpc) is 3.08. The lowest BCUT2D eigenvalue weighted by Crippen LogP contribution is -2.35. The van der Waals surface area contributed by atoms with Crippen LogP contribution in [0.25, 0.3) is 11.4 Å². The van der Waals surface area contributed by atoms with Gasteiger partial charge in [-0.05, 0) is 25.1 Å². The van der Waals surface area contributed by atoms with Crippen LogP contribution in [0.3, 0.4) is 0 Å². The molecule has 0 saturated carbocycles. The van der Waals surface area contributed by atoms with Gasteiger partial charge in [-0.3, -0.25) is 4.79 Å². The van der Waals surface area contributed by atoms with E-state index in [1.54, 1.807) is 33.5 Å². The molecule has 8 heteroatoms. The number of hydrogen-bond donors (Lipinski definition) is 1. The van der Waals surface area contributed by atoms with Gasteiger partial charge in [0.25, 0.3) is 0 Å². The summed E-state index contributed by atoms with van der Waals surface area (Å²) in [4.78, 5) is 16.2. The maximum atomic E-state index is 11.8. The van der Waals surface area contributed by atoms with E-state index < -0.39 is 0 Å². The Balaban J connectivity index is 1.97. The van der Waals surface area contributed by atoms with E-state index in [0.717, 1.165) is 5.56 Å². The normalized spacial score (nSPS) is 11.8. The Kier molecular flexibility index (Phi) is 6.76. The molecular weight excluding hydrogens is 326 g/mol. The van der Waals surface area contributed by atoms with Crippen molar-refractivity contribution in [1.82, 2.24) is 15.5 Å². The molecule has 1 unspecified atom stereocenters.